The number of carboxylic acids is 1. The van der Waals surface area contributed by atoms with Crippen molar-refractivity contribution in [2.75, 3.05) is 34.3 Å². The van der Waals surface area contributed by atoms with E-state index in [1.54, 1.807) is 7.05 Å². The van der Waals surface area contributed by atoms with Gasteiger partial charge in [-0.1, -0.05) is 0 Å². The molecule has 0 fully saturated rings. The third-order valence-corrected chi connectivity index (χ3v) is 4.67. The number of aromatic carboxylic acids is 1. The van der Waals surface area contributed by atoms with Crippen molar-refractivity contribution in [2.24, 2.45) is 0 Å². The van der Waals surface area contributed by atoms with Crippen molar-refractivity contribution in [1.82, 2.24) is 9.62 Å². The van der Waals surface area contributed by atoms with Gasteiger partial charge in [0.15, 0.2) is 0 Å². The zero-order chi connectivity index (χ0) is 15.3. The van der Waals surface area contributed by atoms with E-state index in [4.69, 9.17) is 9.84 Å². The lowest BCUT2D eigenvalue weighted by Gasteiger charge is -2.18. The van der Waals surface area contributed by atoms with E-state index in [1.807, 2.05) is 0 Å². The number of methoxy groups -OCH3 is 1. The fourth-order valence-corrected chi connectivity index (χ4v) is 2.87. The third-order valence-electron chi connectivity index (χ3n) is 2.78. The van der Waals surface area contributed by atoms with Gasteiger partial charge in [-0.15, -0.1) is 0 Å². The van der Waals surface area contributed by atoms with Crippen LogP contribution in [0.15, 0.2) is 23.1 Å². The van der Waals surface area contributed by atoms with Crippen LogP contribution in [0.2, 0.25) is 0 Å². The summed E-state index contributed by atoms with van der Waals surface area (Å²) in [5, 5.41) is 11.8. The minimum absolute atomic E-state index is 0.0150. The molecule has 112 valence electrons. The van der Waals surface area contributed by atoms with Crippen LogP contribution in [-0.2, 0) is 10.0 Å². The first-order chi connectivity index (χ1) is 9.34. The summed E-state index contributed by atoms with van der Waals surface area (Å²) >= 11 is 0. The van der Waals surface area contributed by atoms with Gasteiger partial charge in [-0.3, -0.25) is 0 Å². The molecule has 7 nitrogen and oxygen atoms in total. The van der Waals surface area contributed by atoms with Crippen LogP contribution in [0.5, 0.6) is 5.75 Å². The molecule has 0 bridgehead atoms. The molecule has 0 aliphatic heterocycles. The van der Waals surface area contributed by atoms with Gasteiger partial charge >= 0.3 is 5.97 Å². The number of carbonyl (C=O) groups is 1. The highest BCUT2D eigenvalue weighted by atomic mass is 32.2. The molecule has 2 N–H and O–H groups in total. The lowest BCUT2D eigenvalue weighted by molar-refractivity contribution is 0.0696. The molecule has 0 saturated carbocycles. The number of rotatable bonds is 7. The van der Waals surface area contributed by atoms with Crippen LogP contribution in [0.25, 0.3) is 0 Å². The number of ether oxygens (including phenoxy) is 1. The first kappa shape index (κ1) is 16.4. The van der Waals surface area contributed by atoms with Gasteiger partial charge in [0.25, 0.3) is 0 Å². The van der Waals surface area contributed by atoms with E-state index in [9.17, 15) is 13.2 Å². The van der Waals surface area contributed by atoms with Gasteiger partial charge in [-0.2, -0.15) is 4.31 Å². The molecule has 8 heteroatoms. The second kappa shape index (κ2) is 6.69. The van der Waals surface area contributed by atoms with Crippen LogP contribution in [0.1, 0.15) is 10.4 Å². The maximum absolute atomic E-state index is 12.4. The number of nitrogens with one attached hydrogen (secondary N) is 1. The zero-order valence-corrected chi connectivity index (χ0v) is 12.4. The Morgan fingerprint density at radius 1 is 1.45 bits per heavy atom. The van der Waals surface area contributed by atoms with Crippen molar-refractivity contribution >= 4 is 16.0 Å². The maximum atomic E-state index is 12.4. The molecule has 0 atom stereocenters. The van der Waals surface area contributed by atoms with Gasteiger partial charge < -0.3 is 15.2 Å². The number of benzene rings is 1. The van der Waals surface area contributed by atoms with Gasteiger partial charge in [0.1, 0.15) is 10.6 Å². The van der Waals surface area contributed by atoms with Crippen LogP contribution in [0, 0.1) is 0 Å². The smallest absolute Gasteiger partial charge is 0.335 e. The second-order valence-corrected chi connectivity index (χ2v) is 6.11. The van der Waals surface area contributed by atoms with Crippen LogP contribution in [0.3, 0.4) is 0 Å². The van der Waals surface area contributed by atoms with E-state index < -0.39 is 16.0 Å². The lowest BCUT2D eigenvalue weighted by Crippen LogP contribution is -2.33. The Kier molecular flexibility index (Phi) is 5.49. The molecule has 0 aliphatic carbocycles. The number of likely N-dealkylation sites (N-methyl/N-ethyl adjacent to an activating group) is 2. The van der Waals surface area contributed by atoms with Crippen LogP contribution in [0.4, 0.5) is 0 Å². The van der Waals surface area contributed by atoms with Crippen molar-refractivity contribution in [1.29, 1.82) is 0 Å². The molecule has 0 amide bonds. The Morgan fingerprint density at radius 3 is 2.60 bits per heavy atom. The highest BCUT2D eigenvalue weighted by Gasteiger charge is 2.25. The topological polar surface area (TPSA) is 95.9 Å². The zero-order valence-electron chi connectivity index (χ0n) is 11.6. The van der Waals surface area contributed by atoms with Crippen molar-refractivity contribution < 1.29 is 23.1 Å². The maximum Gasteiger partial charge on any atom is 0.335 e. The fraction of sp³-hybridized carbons (Fsp3) is 0.417. The van der Waals surface area contributed by atoms with Crippen molar-refractivity contribution in [3.05, 3.63) is 23.8 Å². The Balaban J connectivity index is 3.21. The highest BCUT2D eigenvalue weighted by molar-refractivity contribution is 7.89. The Bertz CT molecular complexity index is 586. The molecular formula is C12H18N2O5S. The third kappa shape index (κ3) is 3.47. The predicted molar refractivity (Wildman–Crippen MR) is 73.7 cm³/mol. The van der Waals surface area contributed by atoms with Gasteiger partial charge in [0.2, 0.25) is 10.0 Å². The molecule has 1 rings (SSSR count). The van der Waals surface area contributed by atoms with Gasteiger partial charge in [-0.05, 0) is 25.2 Å². The van der Waals surface area contributed by atoms with E-state index in [2.05, 4.69) is 5.32 Å². The van der Waals surface area contributed by atoms with E-state index >= 15 is 0 Å². The van der Waals surface area contributed by atoms with E-state index in [0.717, 1.165) is 0 Å². The van der Waals surface area contributed by atoms with Crippen molar-refractivity contribution in [3.8, 4) is 5.75 Å². The number of hydrogen-bond acceptors (Lipinski definition) is 5. The molecule has 0 heterocycles. The molecule has 1 aromatic rings. The van der Waals surface area contributed by atoms with E-state index in [-0.39, 0.29) is 16.2 Å². The fourth-order valence-electron chi connectivity index (χ4n) is 1.57. The summed E-state index contributed by atoms with van der Waals surface area (Å²) < 4.78 is 30.9. The molecule has 0 spiro atoms. The monoisotopic (exact) mass is 302 g/mol. The standard InChI is InChI=1S/C12H18N2O5S/c1-13-6-7-14(2)20(17,18)11-5-4-9(12(15)16)8-10(11)19-3/h4-5,8,13H,6-7H2,1-3H3,(H,15,16). The van der Waals surface area contributed by atoms with Crippen molar-refractivity contribution in [2.45, 2.75) is 4.90 Å². The SMILES string of the molecule is CNCCN(C)S(=O)(=O)c1ccc(C(=O)O)cc1OC. The summed E-state index contributed by atoms with van der Waals surface area (Å²) in [6, 6.07) is 3.68. The summed E-state index contributed by atoms with van der Waals surface area (Å²) in [5.41, 5.74) is -0.0290. The average Bonchev–Trinajstić information content (AvgIpc) is 2.43. The summed E-state index contributed by atoms with van der Waals surface area (Å²) in [4.78, 5) is 10.8. The molecule has 0 unspecified atom stereocenters. The quantitative estimate of drug-likeness (QED) is 0.749. The van der Waals surface area contributed by atoms with Gasteiger partial charge in [-0.25, -0.2) is 13.2 Å². The second-order valence-electron chi connectivity index (χ2n) is 4.10. The Hall–Kier alpha value is -1.64. The highest BCUT2D eigenvalue weighted by Crippen LogP contribution is 2.27. The average molecular weight is 302 g/mol. The first-order valence-corrected chi connectivity index (χ1v) is 7.31. The lowest BCUT2D eigenvalue weighted by atomic mass is 10.2. The summed E-state index contributed by atoms with van der Waals surface area (Å²) in [5.74, 6) is -1.13. The minimum Gasteiger partial charge on any atom is -0.495 e. The molecule has 20 heavy (non-hydrogen) atoms. The summed E-state index contributed by atoms with van der Waals surface area (Å²) in [7, 11) is 0.759. The summed E-state index contributed by atoms with van der Waals surface area (Å²) in [6.07, 6.45) is 0. The predicted octanol–water partition coefficient (Wildman–Crippen LogP) is 0.233. The van der Waals surface area contributed by atoms with Crippen LogP contribution < -0.4 is 10.1 Å². The van der Waals surface area contributed by atoms with Crippen LogP contribution >= 0.6 is 0 Å². The molecule has 0 aromatic heterocycles. The van der Waals surface area contributed by atoms with E-state index in [0.29, 0.717) is 13.1 Å². The largest absolute Gasteiger partial charge is 0.495 e. The number of nitrogens with zero attached hydrogens (tertiary/aromatic N) is 1. The normalized spacial score (nSPS) is 11.6. The van der Waals surface area contributed by atoms with Gasteiger partial charge in [0, 0.05) is 20.1 Å². The molecule has 0 saturated heterocycles. The first-order valence-electron chi connectivity index (χ1n) is 5.87. The number of carboxylic acid groups (broad SMARTS) is 1. The van der Waals surface area contributed by atoms with E-state index in [1.165, 1.54) is 36.7 Å². The Labute approximate surface area is 118 Å². The van der Waals surface area contributed by atoms with Gasteiger partial charge in [0.05, 0.1) is 12.7 Å². The Morgan fingerprint density at radius 2 is 2.10 bits per heavy atom. The number of hydrogen-bond donors (Lipinski definition) is 2. The van der Waals surface area contributed by atoms with Crippen molar-refractivity contribution in [3.63, 3.8) is 0 Å². The number of sulfonamides is 1. The minimum atomic E-state index is -3.72. The summed E-state index contributed by atoms with van der Waals surface area (Å²) in [6.45, 7) is 0.800. The molecule has 0 aliphatic rings. The van der Waals surface area contributed by atoms with Crippen LogP contribution in [-0.4, -0.2) is 58.1 Å². The molecule has 1 aromatic carbocycles. The molecule has 0 radical (unpaired) electrons. The molecular weight excluding hydrogens is 284 g/mol.